The molecule has 3 nitrogen and oxygen atoms in total. The Kier molecular flexibility index (Phi) is 3.21. The monoisotopic (exact) mass is 277 g/mol. The van der Waals surface area contributed by atoms with Crippen LogP contribution in [-0.4, -0.2) is 14.7 Å². The Morgan fingerprint density at radius 1 is 1.21 bits per heavy atom. The standard InChI is InChI=1S/C9H12BrNO2S/c1-6-4-8(10)5-7(2)9(6)11-14(3,12)13/h4-5,11H,1-3H3. The summed E-state index contributed by atoms with van der Waals surface area (Å²) in [6.07, 6.45) is 1.15. The van der Waals surface area contributed by atoms with Crippen molar-refractivity contribution in [1.29, 1.82) is 0 Å². The fraction of sp³-hybridized carbons (Fsp3) is 0.333. The second-order valence-electron chi connectivity index (χ2n) is 3.29. The van der Waals surface area contributed by atoms with Gasteiger partial charge in [0.25, 0.3) is 0 Å². The van der Waals surface area contributed by atoms with Gasteiger partial charge in [-0.2, -0.15) is 0 Å². The molecular formula is C9H12BrNO2S. The first-order chi connectivity index (χ1) is 6.29. The van der Waals surface area contributed by atoms with Crippen LogP contribution in [0.25, 0.3) is 0 Å². The Morgan fingerprint density at radius 3 is 2.00 bits per heavy atom. The molecule has 0 saturated heterocycles. The Morgan fingerprint density at radius 2 is 1.64 bits per heavy atom. The smallest absolute Gasteiger partial charge is 0.229 e. The molecule has 0 aliphatic carbocycles. The minimum atomic E-state index is -3.20. The summed E-state index contributed by atoms with van der Waals surface area (Å²) in [6.45, 7) is 3.73. The maximum Gasteiger partial charge on any atom is 0.229 e. The maximum atomic E-state index is 11.1. The molecule has 78 valence electrons. The summed E-state index contributed by atoms with van der Waals surface area (Å²) < 4.78 is 25.6. The Hall–Kier alpha value is -0.550. The number of hydrogen-bond donors (Lipinski definition) is 1. The van der Waals surface area contributed by atoms with Crippen LogP contribution in [0.3, 0.4) is 0 Å². The van der Waals surface area contributed by atoms with Gasteiger partial charge in [0.15, 0.2) is 0 Å². The number of halogens is 1. The van der Waals surface area contributed by atoms with Gasteiger partial charge < -0.3 is 0 Å². The highest BCUT2D eigenvalue weighted by atomic mass is 79.9. The molecule has 0 heterocycles. The molecule has 0 aliphatic rings. The zero-order valence-electron chi connectivity index (χ0n) is 8.26. The Labute approximate surface area is 92.7 Å². The largest absolute Gasteiger partial charge is 0.283 e. The maximum absolute atomic E-state index is 11.1. The van der Waals surface area contributed by atoms with Crippen LogP contribution in [0.5, 0.6) is 0 Å². The summed E-state index contributed by atoms with van der Waals surface area (Å²) in [5.41, 5.74) is 2.47. The fourth-order valence-electron chi connectivity index (χ4n) is 1.26. The third kappa shape index (κ3) is 2.99. The van der Waals surface area contributed by atoms with Crippen LogP contribution in [0.15, 0.2) is 16.6 Å². The second kappa shape index (κ2) is 3.90. The number of aryl methyl sites for hydroxylation is 2. The molecule has 5 heteroatoms. The molecule has 1 aromatic carbocycles. The van der Waals surface area contributed by atoms with Crippen LogP contribution < -0.4 is 4.72 Å². The van der Waals surface area contributed by atoms with Gasteiger partial charge in [-0.1, -0.05) is 15.9 Å². The minimum absolute atomic E-state index is 0.663. The van der Waals surface area contributed by atoms with Gasteiger partial charge in [0.2, 0.25) is 10.0 Å². The summed E-state index contributed by atoms with van der Waals surface area (Å²) in [7, 11) is -3.20. The number of sulfonamides is 1. The van der Waals surface area contributed by atoms with Gasteiger partial charge in [0, 0.05) is 4.47 Å². The number of anilines is 1. The number of rotatable bonds is 2. The van der Waals surface area contributed by atoms with Gasteiger partial charge in [-0.3, -0.25) is 4.72 Å². The third-order valence-electron chi connectivity index (χ3n) is 1.78. The third-order valence-corrected chi connectivity index (χ3v) is 2.82. The molecule has 1 aromatic rings. The fourth-order valence-corrected chi connectivity index (χ4v) is 2.64. The summed E-state index contributed by atoms with van der Waals surface area (Å²) in [4.78, 5) is 0. The lowest BCUT2D eigenvalue weighted by Crippen LogP contribution is -2.11. The molecule has 0 unspecified atom stereocenters. The quantitative estimate of drug-likeness (QED) is 0.903. The molecule has 0 radical (unpaired) electrons. The van der Waals surface area contributed by atoms with E-state index in [0.717, 1.165) is 21.9 Å². The predicted octanol–water partition coefficient (Wildman–Crippen LogP) is 2.44. The zero-order valence-corrected chi connectivity index (χ0v) is 10.7. The molecule has 0 saturated carbocycles. The molecule has 14 heavy (non-hydrogen) atoms. The van der Waals surface area contributed by atoms with E-state index >= 15 is 0 Å². The summed E-state index contributed by atoms with van der Waals surface area (Å²) in [5.74, 6) is 0. The predicted molar refractivity (Wildman–Crippen MR) is 62.1 cm³/mol. The van der Waals surface area contributed by atoms with Gasteiger partial charge in [0.1, 0.15) is 0 Å². The first-order valence-corrected chi connectivity index (χ1v) is 6.72. The van der Waals surface area contributed by atoms with Gasteiger partial charge >= 0.3 is 0 Å². The van der Waals surface area contributed by atoms with Crippen molar-refractivity contribution in [3.63, 3.8) is 0 Å². The van der Waals surface area contributed by atoms with Gasteiger partial charge in [-0.05, 0) is 37.1 Å². The van der Waals surface area contributed by atoms with Crippen LogP contribution in [0, 0.1) is 13.8 Å². The van der Waals surface area contributed by atoms with Crippen LogP contribution in [0.4, 0.5) is 5.69 Å². The summed E-state index contributed by atoms with van der Waals surface area (Å²) >= 11 is 3.35. The lowest BCUT2D eigenvalue weighted by molar-refractivity contribution is 0.606. The van der Waals surface area contributed by atoms with Gasteiger partial charge in [-0.25, -0.2) is 8.42 Å². The second-order valence-corrected chi connectivity index (χ2v) is 5.95. The molecular weight excluding hydrogens is 266 g/mol. The minimum Gasteiger partial charge on any atom is -0.283 e. The average molecular weight is 278 g/mol. The number of nitrogens with one attached hydrogen (secondary N) is 1. The van der Waals surface area contributed by atoms with E-state index in [4.69, 9.17) is 0 Å². The van der Waals surface area contributed by atoms with Crippen molar-refractivity contribution in [1.82, 2.24) is 0 Å². The Balaban J connectivity index is 3.22. The van der Waals surface area contributed by atoms with E-state index in [-0.39, 0.29) is 0 Å². The first kappa shape index (κ1) is 11.5. The molecule has 0 fully saturated rings. The molecule has 1 rings (SSSR count). The van der Waals surface area contributed by atoms with Crippen LogP contribution >= 0.6 is 15.9 Å². The highest BCUT2D eigenvalue weighted by Gasteiger charge is 2.08. The van der Waals surface area contributed by atoms with Crippen molar-refractivity contribution < 1.29 is 8.42 Å². The molecule has 0 amide bonds. The normalized spacial score (nSPS) is 11.4. The van der Waals surface area contributed by atoms with E-state index in [0.29, 0.717) is 5.69 Å². The lowest BCUT2D eigenvalue weighted by atomic mass is 10.1. The van der Waals surface area contributed by atoms with Crippen molar-refractivity contribution in [2.75, 3.05) is 11.0 Å². The SMILES string of the molecule is Cc1cc(Br)cc(C)c1NS(C)(=O)=O. The molecule has 0 spiro atoms. The Bertz CT molecular complexity index is 431. The van der Waals surface area contributed by atoms with E-state index in [1.807, 2.05) is 26.0 Å². The topological polar surface area (TPSA) is 46.2 Å². The van der Waals surface area contributed by atoms with E-state index in [2.05, 4.69) is 20.7 Å². The average Bonchev–Trinajstić information content (AvgIpc) is 1.95. The van der Waals surface area contributed by atoms with Crippen LogP contribution in [0.1, 0.15) is 11.1 Å². The zero-order chi connectivity index (χ0) is 10.9. The molecule has 1 N–H and O–H groups in total. The highest BCUT2D eigenvalue weighted by Crippen LogP contribution is 2.25. The van der Waals surface area contributed by atoms with Crippen molar-refractivity contribution in [3.8, 4) is 0 Å². The van der Waals surface area contributed by atoms with Gasteiger partial charge in [-0.15, -0.1) is 0 Å². The summed E-state index contributed by atoms with van der Waals surface area (Å²) in [6, 6.07) is 3.75. The van der Waals surface area contributed by atoms with E-state index < -0.39 is 10.0 Å². The highest BCUT2D eigenvalue weighted by molar-refractivity contribution is 9.10. The van der Waals surface area contributed by atoms with E-state index in [1.165, 1.54) is 0 Å². The lowest BCUT2D eigenvalue weighted by Gasteiger charge is -2.11. The van der Waals surface area contributed by atoms with E-state index in [9.17, 15) is 8.42 Å². The van der Waals surface area contributed by atoms with Crippen molar-refractivity contribution in [2.24, 2.45) is 0 Å². The molecule has 0 aromatic heterocycles. The van der Waals surface area contributed by atoms with Gasteiger partial charge in [0.05, 0.1) is 11.9 Å². The summed E-state index contributed by atoms with van der Waals surface area (Å²) in [5, 5.41) is 0. The molecule has 0 bridgehead atoms. The van der Waals surface area contributed by atoms with Crippen molar-refractivity contribution in [2.45, 2.75) is 13.8 Å². The molecule has 0 atom stereocenters. The molecule has 0 aliphatic heterocycles. The van der Waals surface area contributed by atoms with Crippen LogP contribution in [-0.2, 0) is 10.0 Å². The van der Waals surface area contributed by atoms with Crippen molar-refractivity contribution in [3.05, 3.63) is 27.7 Å². The number of benzene rings is 1. The van der Waals surface area contributed by atoms with E-state index in [1.54, 1.807) is 0 Å². The first-order valence-electron chi connectivity index (χ1n) is 4.04. The van der Waals surface area contributed by atoms with Crippen LogP contribution in [0.2, 0.25) is 0 Å². The number of hydrogen-bond acceptors (Lipinski definition) is 2. The van der Waals surface area contributed by atoms with Crippen molar-refractivity contribution >= 4 is 31.6 Å².